The largest absolute Gasteiger partial charge is 0.483 e. The molecule has 0 saturated carbocycles. The van der Waals surface area contributed by atoms with Crippen molar-refractivity contribution in [1.29, 1.82) is 0 Å². The predicted molar refractivity (Wildman–Crippen MR) is 80.8 cm³/mol. The average molecular weight is 293 g/mol. The number of ether oxygens (including phenoxy) is 2. The summed E-state index contributed by atoms with van der Waals surface area (Å²) in [6.07, 6.45) is 0. The third kappa shape index (κ3) is 5.36. The molecule has 1 fully saturated rings. The number of nitrogens with one attached hydrogen (secondary N) is 2. The molecule has 0 atom stereocenters. The predicted octanol–water partition coefficient (Wildman–Crippen LogP) is -0.286. The van der Waals surface area contributed by atoms with E-state index in [1.165, 1.54) is 4.90 Å². The number of hydrogen-bond acceptors (Lipinski definition) is 3. The van der Waals surface area contributed by atoms with Crippen molar-refractivity contribution in [3.05, 3.63) is 29.3 Å². The Labute approximate surface area is 126 Å². The molecule has 5 nitrogen and oxygen atoms in total. The first-order chi connectivity index (χ1) is 10.1. The molecule has 0 bridgehead atoms. The first-order valence-corrected chi connectivity index (χ1v) is 7.53. The molecule has 1 aromatic rings. The van der Waals surface area contributed by atoms with Gasteiger partial charge < -0.3 is 19.7 Å². The van der Waals surface area contributed by atoms with E-state index < -0.39 is 0 Å². The number of aryl methyl sites for hydroxylation is 2. The summed E-state index contributed by atoms with van der Waals surface area (Å²) >= 11 is 0. The van der Waals surface area contributed by atoms with Crippen LogP contribution in [0.5, 0.6) is 5.75 Å². The normalized spacial score (nSPS) is 15.7. The van der Waals surface area contributed by atoms with Gasteiger partial charge in [0.05, 0.1) is 26.3 Å². The number of rotatable bonds is 6. The van der Waals surface area contributed by atoms with Gasteiger partial charge in [0.15, 0.2) is 6.61 Å². The molecule has 1 heterocycles. The van der Waals surface area contributed by atoms with E-state index in [4.69, 9.17) is 9.47 Å². The zero-order chi connectivity index (χ0) is 15.1. The average Bonchev–Trinajstić information content (AvgIpc) is 2.49. The summed E-state index contributed by atoms with van der Waals surface area (Å²) in [6.45, 7) is 9.37. The Morgan fingerprint density at radius 3 is 2.86 bits per heavy atom. The minimum absolute atomic E-state index is 0.0661. The molecule has 1 amide bonds. The summed E-state index contributed by atoms with van der Waals surface area (Å²) < 4.78 is 10.9. The molecule has 116 valence electrons. The quantitative estimate of drug-likeness (QED) is 0.758. The summed E-state index contributed by atoms with van der Waals surface area (Å²) in [7, 11) is 0. The lowest BCUT2D eigenvalue weighted by Crippen LogP contribution is -3.14. The fraction of sp³-hybridized carbons (Fsp3) is 0.562. The molecule has 1 aliphatic heterocycles. The van der Waals surface area contributed by atoms with Crippen molar-refractivity contribution in [2.24, 2.45) is 0 Å². The van der Waals surface area contributed by atoms with Crippen LogP contribution in [0.4, 0.5) is 0 Å². The van der Waals surface area contributed by atoms with Gasteiger partial charge >= 0.3 is 0 Å². The van der Waals surface area contributed by atoms with E-state index in [0.717, 1.165) is 49.7 Å². The molecular formula is C16H25N2O3+. The number of carbonyl (C=O) groups is 1. The lowest BCUT2D eigenvalue weighted by atomic mass is 10.1. The zero-order valence-corrected chi connectivity index (χ0v) is 12.9. The van der Waals surface area contributed by atoms with E-state index in [-0.39, 0.29) is 12.5 Å². The zero-order valence-electron chi connectivity index (χ0n) is 12.9. The van der Waals surface area contributed by atoms with Crippen molar-refractivity contribution in [3.63, 3.8) is 0 Å². The Morgan fingerprint density at radius 1 is 1.33 bits per heavy atom. The SMILES string of the molecule is Cc1ccc(C)c(OCC(=O)NCC[NH+]2CCOCC2)c1. The van der Waals surface area contributed by atoms with Crippen LogP contribution in [0.3, 0.4) is 0 Å². The first-order valence-electron chi connectivity index (χ1n) is 7.53. The highest BCUT2D eigenvalue weighted by atomic mass is 16.5. The van der Waals surface area contributed by atoms with Gasteiger partial charge in [-0.2, -0.15) is 0 Å². The Kier molecular flexibility index (Phi) is 6.02. The fourth-order valence-electron chi connectivity index (χ4n) is 2.35. The molecule has 0 unspecified atom stereocenters. The van der Waals surface area contributed by atoms with Crippen molar-refractivity contribution in [2.45, 2.75) is 13.8 Å². The van der Waals surface area contributed by atoms with Gasteiger partial charge in [0.25, 0.3) is 5.91 Å². The maximum absolute atomic E-state index is 11.8. The van der Waals surface area contributed by atoms with Crippen LogP contribution in [0.15, 0.2) is 18.2 Å². The molecule has 1 aliphatic rings. The minimum atomic E-state index is -0.0661. The summed E-state index contributed by atoms with van der Waals surface area (Å²) in [5.74, 6) is 0.715. The molecule has 0 aromatic heterocycles. The number of quaternary nitrogens is 1. The topological polar surface area (TPSA) is 52.0 Å². The number of amides is 1. The van der Waals surface area contributed by atoms with Crippen molar-refractivity contribution >= 4 is 5.91 Å². The third-order valence-electron chi connectivity index (χ3n) is 3.70. The van der Waals surface area contributed by atoms with Crippen LogP contribution in [-0.4, -0.2) is 51.9 Å². The summed E-state index contributed by atoms with van der Waals surface area (Å²) in [5.41, 5.74) is 2.18. The van der Waals surface area contributed by atoms with Gasteiger partial charge in [0.1, 0.15) is 18.8 Å². The maximum Gasteiger partial charge on any atom is 0.258 e. The Bertz CT molecular complexity index is 471. The molecule has 0 aliphatic carbocycles. The molecule has 21 heavy (non-hydrogen) atoms. The van der Waals surface area contributed by atoms with Gasteiger partial charge in [-0.05, 0) is 31.0 Å². The van der Waals surface area contributed by atoms with Crippen molar-refractivity contribution < 1.29 is 19.2 Å². The van der Waals surface area contributed by atoms with Crippen LogP contribution < -0.4 is 15.0 Å². The van der Waals surface area contributed by atoms with Crippen molar-refractivity contribution in [2.75, 3.05) is 46.0 Å². The first kappa shape index (κ1) is 15.8. The van der Waals surface area contributed by atoms with E-state index in [1.54, 1.807) is 0 Å². The van der Waals surface area contributed by atoms with Crippen LogP contribution in [0.25, 0.3) is 0 Å². The summed E-state index contributed by atoms with van der Waals surface area (Å²) in [5, 5.41) is 2.91. The van der Waals surface area contributed by atoms with E-state index >= 15 is 0 Å². The number of morpholine rings is 1. The van der Waals surface area contributed by atoms with Gasteiger partial charge in [0.2, 0.25) is 0 Å². The third-order valence-corrected chi connectivity index (χ3v) is 3.70. The molecule has 2 rings (SSSR count). The highest BCUT2D eigenvalue weighted by molar-refractivity contribution is 5.77. The van der Waals surface area contributed by atoms with E-state index in [2.05, 4.69) is 5.32 Å². The molecule has 0 spiro atoms. The highest BCUT2D eigenvalue weighted by Gasteiger charge is 2.13. The van der Waals surface area contributed by atoms with Gasteiger partial charge in [-0.3, -0.25) is 4.79 Å². The van der Waals surface area contributed by atoms with Crippen molar-refractivity contribution in [1.82, 2.24) is 5.32 Å². The smallest absolute Gasteiger partial charge is 0.258 e. The Morgan fingerprint density at radius 2 is 2.10 bits per heavy atom. The minimum Gasteiger partial charge on any atom is -0.483 e. The van der Waals surface area contributed by atoms with Crippen LogP contribution in [0, 0.1) is 13.8 Å². The highest BCUT2D eigenvalue weighted by Crippen LogP contribution is 2.18. The second-order valence-electron chi connectivity index (χ2n) is 5.52. The molecule has 2 N–H and O–H groups in total. The van der Waals surface area contributed by atoms with Gasteiger partial charge in [-0.15, -0.1) is 0 Å². The van der Waals surface area contributed by atoms with Crippen LogP contribution in [-0.2, 0) is 9.53 Å². The number of benzene rings is 1. The van der Waals surface area contributed by atoms with Crippen LogP contribution in [0.1, 0.15) is 11.1 Å². The summed E-state index contributed by atoms with van der Waals surface area (Å²) in [6, 6.07) is 6.00. The second kappa shape index (κ2) is 8.00. The number of carbonyl (C=O) groups excluding carboxylic acids is 1. The Hall–Kier alpha value is -1.59. The van der Waals surface area contributed by atoms with Crippen molar-refractivity contribution in [3.8, 4) is 5.75 Å². The molecule has 1 saturated heterocycles. The molecule has 1 aromatic carbocycles. The lowest BCUT2D eigenvalue weighted by Gasteiger charge is -2.23. The monoisotopic (exact) mass is 293 g/mol. The summed E-state index contributed by atoms with van der Waals surface area (Å²) in [4.78, 5) is 13.3. The fourth-order valence-corrected chi connectivity index (χ4v) is 2.35. The Balaban J connectivity index is 1.66. The van der Waals surface area contributed by atoms with E-state index in [0.29, 0.717) is 6.54 Å². The maximum atomic E-state index is 11.8. The molecule has 5 heteroatoms. The van der Waals surface area contributed by atoms with Gasteiger partial charge in [-0.25, -0.2) is 0 Å². The second-order valence-corrected chi connectivity index (χ2v) is 5.52. The lowest BCUT2D eigenvalue weighted by molar-refractivity contribution is -0.906. The standard InChI is InChI=1S/C16H24N2O3/c1-13-3-4-14(2)15(11-13)21-12-16(19)17-5-6-18-7-9-20-10-8-18/h3-4,11H,5-10,12H2,1-2H3,(H,17,19)/p+1. The molecular weight excluding hydrogens is 268 g/mol. The van der Waals surface area contributed by atoms with E-state index in [9.17, 15) is 4.79 Å². The molecule has 0 radical (unpaired) electrons. The van der Waals surface area contributed by atoms with Gasteiger partial charge in [-0.1, -0.05) is 12.1 Å². The van der Waals surface area contributed by atoms with Crippen LogP contribution in [0.2, 0.25) is 0 Å². The number of hydrogen-bond donors (Lipinski definition) is 2. The van der Waals surface area contributed by atoms with E-state index in [1.807, 2.05) is 32.0 Å². The van der Waals surface area contributed by atoms with Gasteiger partial charge in [0, 0.05) is 0 Å². The van der Waals surface area contributed by atoms with Crippen LogP contribution >= 0.6 is 0 Å².